The van der Waals surface area contributed by atoms with Gasteiger partial charge in [-0.25, -0.2) is 0 Å². The molecule has 8 nitrogen and oxygen atoms in total. The third kappa shape index (κ3) is 3.87. The van der Waals surface area contributed by atoms with E-state index in [1.54, 1.807) is 20.3 Å². The number of primary amides is 1. The van der Waals surface area contributed by atoms with Gasteiger partial charge in [0, 0.05) is 31.3 Å². The van der Waals surface area contributed by atoms with E-state index >= 15 is 0 Å². The molecule has 1 aromatic carbocycles. The lowest BCUT2D eigenvalue weighted by molar-refractivity contribution is 0.0996. The van der Waals surface area contributed by atoms with Gasteiger partial charge in [-0.1, -0.05) is 13.8 Å². The summed E-state index contributed by atoms with van der Waals surface area (Å²) in [7, 11) is 3.18. The lowest BCUT2D eigenvalue weighted by atomic mass is 9.75. The van der Waals surface area contributed by atoms with Gasteiger partial charge in [-0.05, 0) is 36.0 Å². The highest BCUT2D eigenvalue weighted by atomic mass is 16.5. The number of carbonyl (C=O) groups is 1. The average molecular weight is 416 g/mol. The number of nitrogens with two attached hydrogens (primary N) is 1. The molecule has 1 aliphatic carbocycles. The molecule has 0 aliphatic heterocycles. The standard InChI is InChI=1S/C22H28N2O6/c1-11(2)13-8-12-9-16(30-7-5-6-28-3)15(29-4)10-14(12)19-17(13)20(25)18(21(23)26)22(27)24-19/h9-11,13H,5-8H2,1-4H3,(H2,23,26)(H2,24,25,27). The van der Waals surface area contributed by atoms with Crippen molar-refractivity contribution in [1.82, 2.24) is 4.98 Å². The topological polar surface area (TPSA) is 124 Å². The first kappa shape index (κ1) is 21.7. The van der Waals surface area contributed by atoms with E-state index in [9.17, 15) is 14.7 Å². The summed E-state index contributed by atoms with van der Waals surface area (Å²) in [6, 6.07) is 3.70. The maximum absolute atomic E-state index is 12.5. The van der Waals surface area contributed by atoms with Gasteiger partial charge >= 0.3 is 0 Å². The largest absolute Gasteiger partial charge is 0.507 e. The van der Waals surface area contributed by atoms with Crippen molar-refractivity contribution in [2.75, 3.05) is 27.4 Å². The maximum atomic E-state index is 12.5. The average Bonchev–Trinajstić information content (AvgIpc) is 2.69. The van der Waals surface area contributed by atoms with Crippen LogP contribution in [0.5, 0.6) is 17.2 Å². The van der Waals surface area contributed by atoms with Crippen LogP contribution in [0.3, 0.4) is 0 Å². The van der Waals surface area contributed by atoms with Crippen molar-refractivity contribution in [3.63, 3.8) is 0 Å². The number of hydrogen-bond acceptors (Lipinski definition) is 6. The van der Waals surface area contributed by atoms with Crippen LogP contribution in [-0.4, -0.2) is 43.4 Å². The summed E-state index contributed by atoms with van der Waals surface area (Å²) in [6.07, 6.45) is 1.35. The summed E-state index contributed by atoms with van der Waals surface area (Å²) >= 11 is 0. The molecule has 1 amide bonds. The molecule has 0 fully saturated rings. The summed E-state index contributed by atoms with van der Waals surface area (Å²) in [5.74, 6) is -0.149. The van der Waals surface area contributed by atoms with Gasteiger partial charge in [0.25, 0.3) is 11.5 Å². The van der Waals surface area contributed by atoms with E-state index in [4.69, 9.17) is 19.9 Å². The molecule has 162 valence electrons. The minimum atomic E-state index is -0.956. The van der Waals surface area contributed by atoms with E-state index in [2.05, 4.69) is 4.98 Å². The van der Waals surface area contributed by atoms with Gasteiger partial charge in [0.05, 0.1) is 19.4 Å². The summed E-state index contributed by atoms with van der Waals surface area (Å²) in [4.78, 5) is 27.0. The molecule has 2 aromatic rings. The quantitative estimate of drug-likeness (QED) is 0.568. The van der Waals surface area contributed by atoms with Crippen LogP contribution in [-0.2, 0) is 11.2 Å². The second-order valence-electron chi connectivity index (χ2n) is 7.74. The fourth-order valence-corrected chi connectivity index (χ4v) is 3.98. The Kier molecular flexibility index (Phi) is 6.36. The number of pyridine rings is 1. The number of hydrogen-bond donors (Lipinski definition) is 3. The Balaban J connectivity index is 2.17. The molecule has 0 radical (unpaired) electrons. The van der Waals surface area contributed by atoms with Gasteiger partial charge in [-0.2, -0.15) is 0 Å². The Bertz CT molecular complexity index is 1010. The highest BCUT2D eigenvalue weighted by Crippen LogP contribution is 2.48. The molecule has 0 spiro atoms. The number of aromatic amines is 1. The fraction of sp³-hybridized carbons (Fsp3) is 0.455. The Labute approximate surface area is 175 Å². The van der Waals surface area contributed by atoms with Crippen molar-refractivity contribution >= 4 is 5.91 Å². The van der Waals surface area contributed by atoms with E-state index in [0.29, 0.717) is 42.4 Å². The number of amides is 1. The van der Waals surface area contributed by atoms with Crippen LogP contribution in [0.4, 0.5) is 0 Å². The number of H-pyrrole nitrogens is 1. The van der Waals surface area contributed by atoms with Crippen molar-refractivity contribution in [1.29, 1.82) is 0 Å². The van der Waals surface area contributed by atoms with E-state index < -0.39 is 17.0 Å². The predicted molar refractivity (Wildman–Crippen MR) is 113 cm³/mol. The van der Waals surface area contributed by atoms with Gasteiger partial charge in [0.2, 0.25) is 0 Å². The van der Waals surface area contributed by atoms with Gasteiger partial charge in [-0.15, -0.1) is 0 Å². The molecule has 1 atom stereocenters. The van der Waals surface area contributed by atoms with Crippen LogP contribution in [0.15, 0.2) is 16.9 Å². The normalized spacial score (nSPS) is 14.9. The number of fused-ring (bicyclic) bond motifs is 3. The summed E-state index contributed by atoms with van der Waals surface area (Å²) in [5.41, 5.74) is 6.91. The monoisotopic (exact) mass is 416 g/mol. The third-order valence-electron chi connectivity index (χ3n) is 5.50. The molecule has 1 unspecified atom stereocenters. The molecule has 8 heteroatoms. The van der Waals surface area contributed by atoms with Crippen LogP contribution in [0.1, 0.15) is 47.7 Å². The van der Waals surface area contributed by atoms with Crippen molar-refractivity contribution < 1.29 is 24.1 Å². The molecule has 0 saturated heterocycles. The molecule has 0 bridgehead atoms. The SMILES string of the molecule is COCCCOc1cc2c(cc1OC)-c1[nH]c(=O)c(C(N)=O)c(O)c1C(C(C)C)C2. The summed E-state index contributed by atoms with van der Waals surface area (Å²) < 4.78 is 16.4. The van der Waals surface area contributed by atoms with E-state index in [0.717, 1.165) is 17.5 Å². The second-order valence-corrected chi connectivity index (χ2v) is 7.74. The van der Waals surface area contributed by atoms with E-state index in [-0.39, 0.29) is 17.6 Å². The van der Waals surface area contributed by atoms with Crippen molar-refractivity contribution in [3.8, 4) is 28.5 Å². The van der Waals surface area contributed by atoms with Crippen LogP contribution in [0.2, 0.25) is 0 Å². The van der Waals surface area contributed by atoms with E-state index in [1.807, 2.05) is 19.9 Å². The number of rotatable bonds is 8. The molecular formula is C22H28N2O6. The number of benzene rings is 1. The van der Waals surface area contributed by atoms with Crippen molar-refractivity contribution in [2.24, 2.45) is 11.7 Å². The second kappa shape index (κ2) is 8.79. The minimum Gasteiger partial charge on any atom is -0.507 e. The lowest BCUT2D eigenvalue weighted by Crippen LogP contribution is -2.28. The summed E-state index contributed by atoms with van der Waals surface area (Å²) in [5, 5.41) is 10.8. The summed E-state index contributed by atoms with van der Waals surface area (Å²) in [6.45, 7) is 5.13. The number of ether oxygens (including phenoxy) is 3. The van der Waals surface area contributed by atoms with Crippen LogP contribution in [0.25, 0.3) is 11.3 Å². The molecule has 0 saturated carbocycles. The number of aromatic nitrogens is 1. The van der Waals surface area contributed by atoms with Gasteiger partial charge in [0.15, 0.2) is 11.5 Å². The molecule has 1 heterocycles. The fourth-order valence-electron chi connectivity index (χ4n) is 3.98. The smallest absolute Gasteiger partial charge is 0.265 e. The van der Waals surface area contributed by atoms with Crippen LogP contribution in [0, 0.1) is 5.92 Å². The van der Waals surface area contributed by atoms with E-state index in [1.165, 1.54) is 0 Å². The number of nitrogens with one attached hydrogen (secondary N) is 1. The molecular weight excluding hydrogens is 388 g/mol. The molecule has 30 heavy (non-hydrogen) atoms. The zero-order valence-electron chi connectivity index (χ0n) is 17.7. The highest BCUT2D eigenvalue weighted by Gasteiger charge is 2.34. The van der Waals surface area contributed by atoms with Gasteiger partial charge in [0.1, 0.15) is 11.3 Å². The first-order chi connectivity index (χ1) is 14.3. The van der Waals surface area contributed by atoms with Gasteiger partial charge < -0.3 is 30.0 Å². The third-order valence-corrected chi connectivity index (χ3v) is 5.50. The molecule has 3 rings (SSSR count). The Hall–Kier alpha value is -3.00. The predicted octanol–water partition coefficient (Wildman–Crippen LogP) is 2.57. The minimum absolute atomic E-state index is 0.114. The first-order valence-electron chi connectivity index (χ1n) is 9.92. The Morgan fingerprint density at radius 3 is 2.60 bits per heavy atom. The molecule has 1 aliphatic rings. The van der Waals surface area contributed by atoms with Crippen molar-refractivity contribution in [2.45, 2.75) is 32.6 Å². The lowest BCUT2D eigenvalue weighted by Gasteiger charge is -2.31. The van der Waals surface area contributed by atoms with Gasteiger partial charge in [-0.3, -0.25) is 9.59 Å². The number of aromatic hydroxyl groups is 1. The highest BCUT2D eigenvalue weighted by molar-refractivity contribution is 5.96. The molecule has 4 N–H and O–H groups in total. The molecule has 1 aromatic heterocycles. The van der Waals surface area contributed by atoms with Crippen molar-refractivity contribution in [3.05, 3.63) is 39.2 Å². The van der Waals surface area contributed by atoms with Crippen LogP contribution < -0.4 is 20.8 Å². The Morgan fingerprint density at radius 2 is 2.00 bits per heavy atom. The maximum Gasteiger partial charge on any atom is 0.265 e. The first-order valence-corrected chi connectivity index (χ1v) is 9.92. The number of carbonyl (C=O) groups excluding carboxylic acids is 1. The Morgan fingerprint density at radius 1 is 1.27 bits per heavy atom. The van der Waals surface area contributed by atoms with Crippen LogP contribution >= 0.6 is 0 Å². The number of methoxy groups -OCH3 is 2. The zero-order valence-corrected chi connectivity index (χ0v) is 17.7. The zero-order chi connectivity index (χ0) is 22.0.